The van der Waals surface area contributed by atoms with E-state index in [2.05, 4.69) is 39.2 Å². The Labute approximate surface area is 137 Å². The van der Waals surface area contributed by atoms with Crippen molar-refractivity contribution in [3.8, 4) is 0 Å². The molecule has 1 aromatic rings. The summed E-state index contributed by atoms with van der Waals surface area (Å²) in [5.74, 6) is 0.625. The Kier molecular flexibility index (Phi) is 6.15. The van der Waals surface area contributed by atoms with Crippen molar-refractivity contribution in [1.29, 1.82) is 0 Å². The molecule has 1 aliphatic heterocycles. The van der Waals surface area contributed by atoms with Gasteiger partial charge in [-0.2, -0.15) is 4.98 Å². The van der Waals surface area contributed by atoms with Gasteiger partial charge in [0.25, 0.3) is 0 Å². The van der Waals surface area contributed by atoms with Crippen LogP contribution in [0.1, 0.15) is 25.0 Å². The molecule has 0 bridgehead atoms. The van der Waals surface area contributed by atoms with Gasteiger partial charge < -0.3 is 20.2 Å². The minimum atomic E-state index is -0.688. The lowest BCUT2D eigenvalue weighted by atomic mass is 9.97. The van der Waals surface area contributed by atoms with Crippen molar-refractivity contribution in [3.05, 3.63) is 11.8 Å². The molecule has 0 aliphatic carbocycles. The summed E-state index contributed by atoms with van der Waals surface area (Å²) in [5, 5.41) is 12.4. The van der Waals surface area contributed by atoms with Gasteiger partial charge in [-0.25, -0.2) is 4.98 Å². The molecule has 23 heavy (non-hydrogen) atoms. The minimum Gasteiger partial charge on any atom is -0.481 e. The van der Waals surface area contributed by atoms with E-state index in [1.807, 2.05) is 13.0 Å². The van der Waals surface area contributed by atoms with Gasteiger partial charge in [-0.1, -0.05) is 0 Å². The highest BCUT2D eigenvalue weighted by molar-refractivity contribution is 5.70. The number of piperidine rings is 1. The fraction of sp³-hybridized carbons (Fsp3) is 0.688. The molecule has 128 valence electrons. The molecule has 7 heteroatoms. The van der Waals surface area contributed by atoms with Crippen LogP contribution in [0, 0.1) is 12.8 Å². The molecule has 1 saturated heterocycles. The maximum atomic E-state index is 11.0. The van der Waals surface area contributed by atoms with Crippen LogP contribution >= 0.6 is 0 Å². The van der Waals surface area contributed by atoms with E-state index in [4.69, 9.17) is 5.11 Å². The second kappa shape index (κ2) is 8.10. The lowest BCUT2D eigenvalue weighted by molar-refractivity contribution is -0.142. The molecule has 7 nitrogen and oxygen atoms in total. The minimum absolute atomic E-state index is 0.224. The summed E-state index contributed by atoms with van der Waals surface area (Å²) in [6, 6.07) is 1.96. The monoisotopic (exact) mass is 321 g/mol. The second-order valence-electron chi connectivity index (χ2n) is 6.37. The summed E-state index contributed by atoms with van der Waals surface area (Å²) in [6.45, 7) is 5.28. The third-order valence-electron chi connectivity index (χ3n) is 4.07. The van der Waals surface area contributed by atoms with Gasteiger partial charge in [-0.3, -0.25) is 4.79 Å². The zero-order chi connectivity index (χ0) is 16.8. The van der Waals surface area contributed by atoms with Crippen molar-refractivity contribution < 1.29 is 9.90 Å². The first-order valence-corrected chi connectivity index (χ1v) is 8.17. The number of hydrogen-bond acceptors (Lipinski definition) is 6. The molecule has 1 aliphatic rings. The van der Waals surface area contributed by atoms with E-state index in [1.54, 1.807) is 0 Å². The Balaban J connectivity index is 1.93. The summed E-state index contributed by atoms with van der Waals surface area (Å²) >= 11 is 0. The van der Waals surface area contributed by atoms with Crippen molar-refractivity contribution in [2.45, 2.75) is 26.2 Å². The van der Waals surface area contributed by atoms with Gasteiger partial charge >= 0.3 is 5.97 Å². The van der Waals surface area contributed by atoms with Gasteiger partial charge in [0, 0.05) is 31.4 Å². The Morgan fingerprint density at radius 1 is 1.39 bits per heavy atom. The number of carboxylic acids is 1. The lowest BCUT2D eigenvalue weighted by Gasteiger charge is -2.31. The molecule has 1 aromatic heterocycles. The number of nitrogens with zero attached hydrogens (tertiary/aromatic N) is 4. The van der Waals surface area contributed by atoms with Crippen LogP contribution in [-0.4, -0.2) is 66.2 Å². The number of carboxylic acid groups (broad SMARTS) is 1. The van der Waals surface area contributed by atoms with Crippen molar-refractivity contribution in [2.24, 2.45) is 5.92 Å². The number of anilines is 2. The molecular weight excluding hydrogens is 294 g/mol. The van der Waals surface area contributed by atoms with E-state index >= 15 is 0 Å². The van der Waals surface area contributed by atoms with Crippen LogP contribution < -0.4 is 10.2 Å². The van der Waals surface area contributed by atoms with Crippen molar-refractivity contribution >= 4 is 17.7 Å². The Morgan fingerprint density at radius 2 is 2.09 bits per heavy atom. The van der Waals surface area contributed by atoms with Crippen LogP contribution in [-0.2, 0) is 4.79 Å². The average Bonchev–Trinajstić information content (AvgIpc) is 2.51. The highest BCUT2D eigenvalue weighted by atomic mass is 16.4. The summed E-state index contributed by atoms with van der Waals surface area (Å²) in [4.78, 5) is 24.4. The van der Waals surface area contributed by atoms with E-state index in [0.29, 0.717) is 18.8 Å². The number of nitrogens with one attached hydrogen (secondary N) is 1. The third-order valence-corrected chi connectivity index (χ3v) is 4.07. The van der Waals surface area contributed by atoms with Crippen LogP contribution in [0.25, 0.3) is 0 Å². The van der Waals surface area contributed by atoms with Gasteiger partial charge in [-0.05, 0) is 46.8 Å². The predicted octanol–water partition coefficient (Wildman–Crippen LogP) is 1.45. The van der Waals surface area contributed by atoms with E-state index in [9.17, 15) is 4.79 Å². The zero-order valence-corrected chi connectivity index (χ0v) is 14.2. The van der Waals surface area contributed by atoms with E-state index in [-0.39, 0.29) is 5.92 Å². The standard InChI is InChI=1S/C16H27N5O2/c1-12-11-14(21-9-5-13(6-10-21)15(22)23)19-16(18-12)17-7-4-8-20(2)3/h11,13H,4-10H2,1-3H3,(H,22,23)(H,17,18,19). The largest absolute Gasteiger partial charge is 0.481 e. The molecule has 0 atom stereocenters. The van der Waals surface area contributed by atoms with Gasteiger partial charge in [0.05, 0.1) is 5.92 Å². The van der Waals surface area contributed by atoms with E-state index in [1.165, 1.54) is 0 Å². The summed E-state index contributed by atoms with van der Waals surface area (Å²) < 4.78 is 0. The zero-order valence-electron chi connectivity index (χ0n) is 14.2. The average molecular weight is 321 g/mol. The maximum Gasteiger partial charge on any atom is 0.306 e. The molecule has 2 heterocycles. The SMILES string of the molecule is Cc1cc(N2CCC(C(=O)O)CC2)nc(NCCCN(C)C)n1. The van der Waals surface area contributed by atoms with E-state index < -0.39 is 5.97 Å². The van der Waals surface area contributed by atoms with Gasteiger partial charge in [-0.15, -0.1) is 0 Å². The highest BCUT2D eigenvalue weighted by Crippen LogP contribution is 2.23. The Morgan fingerprint density at radius 3 is 2.70 bits per heavy atom. The molecule has 0 aromatic carbocycles. The van der Waals surface area contributed by atoms with Crippen LogP contribution in [0.15, 0.2) is 6.07 Å². The topological polar surface area (TPSA) is 81.6 Å². The molecule has 2 N–H and O–H groups in total. The number of carbonyl (C=O) groups is 1. The van der Waals surface area contributed by atoms with Crippen LogP contribution in [0.5, 0.6) is 0 Å². The van der Waals surface area contributed by atoms with Crippen LogP contribution in [0.2, 0.25) is 0 Å². The van der Waals surface area contributed by atoms with Crippen LogP contribution in [0.3, 0.4) is 0 Å². The number of aliphatic carboxylic acids is 1. The maximum absolute atomic E-state index is 11.0. The number of hydrogen-bond donors (Lipinski definition) is 2. The van der Waals surface area contributed by atoms with Gasteiger partial charge in [0.2, 0.25) is 5.95 Å². The molecule has 0 spiro atoms. The smallest absolute Gasteiger partial charge is 0.306 e. The Hall–Kier alpha value is -1.89. The molecular formula is C16H27N5O2. The normalized spacial score (nSPS) is 15.9. The van der Waals surface area contributed by atoms with E-state index in [0.717, 1.165) is 44.1 Å². The molecule has 0 amide bonds. The summed E-state index contributed by atoms with van der Waals surface area (Å²) in [6.07, 6.45) is 2.37. The van der Waals surface area contributed by atoms with Gasteiger partial charge in [0.15, 0.2) is 0 Å². The molecule has 0 saturated carbocycles. The van der Waals surface area contributed by atoms with Crippen molar-refractivity contribution in [2.75, 3.05) is 50.5 Å². The number of rotatable bonds is 7. The quantitative estimate of drug-likeness (QED) is 0.736. The molecule has 0 radical (unpaired) electrons. The van der Waals surface area contributed by atoms with Crippen LogP contribution in [0.4, 0.5) is 11.8 Å². The van der Waals surface area contributed by atoms with Crippen molar-refractivity contribution in [1.82, 2.24) is 14.9 Å². The first kappa shape index (κ1) is 17.5. The predicted molar refractivity (Wildman–Crippen MR) is 91.0 cm³/mol. The fourth-order valence-electron chi connectivity index (χ4n) is 2.74. The number of aryl methyl sites for hydroxylation is 1. The summed E-state index contributed by atoms with van der Waals surface area (Å²) in [7, 11) is 4.12. The Bertz CT molecular complexity index is 527. The third kappa shape index (κ3) is 5.35. The van der Waals surface area contributed by atoms with Crippen molar-refractivity contribution in [3.63, 3.8) is 0 Å². The highest BCUT2D eigenvalue weighted by Gasteiger charge is 2.25. The molecule has 0 unspecified atom stereocenters. The second-order valence-corrected chi connectivity index (χ2v) is 6.37. The molecule has 2 rings (SSSR count). The van der Waals surface area contributed by atoms with Gasteiger partial charge in [0.1, 0.15) is 5.82 Å². The first-order chi connectivity index (χ1) is 11.0. The summed E-state index contributed by atoms with van der Waals surface area (Å²) in [5.41, 5.74) is 0.922. The lowest BCUT2D eigenvalue weighted by Crippen LogP contribution is -2.37. The first-order valence-electron chi connectivity index (χ1n) is 8.17. The molecule has 1 fully saturated rings. The fourth-order valence-corrected chi connectivity index (χ4v) is 2.74. The number of aromatic nitrogens is 2.